The Morgan fingerprint density at radius 3 is 2.41 bits per heavy atom. The first-order chi connectivity index (χ1) is 18.2. The minimum Gasteiger partial charge on any atom is -0.510 e. The van der Waals surface area contributed by atoms with Crippen molar-refractivity contribution in [1.82, 2.24) is 4.90 Å². The molecule has 8 N–H and O–H groups in total. The van der Waals surface area contributed by atoms with E-state index in [9.17, 15) is 39.9 Å². The van der Waals surface area contributed by atoms with E-state index in [1.165, 1.54) is 4.90 Å². The minimum absolute atomic E-state index is 0.00130. The number of aliphatic hydroxyl groups is 4. The normalized spacial score (nSPS) is 27.2. The number of benzene rings is 1. The van der Waals surface area contributed by atoms with Crippen LogP contribution in [0.15, 0.2) is 28.7 Å². The molecule has 0 saturated carbocycles. The van der Waals surface area contributed by atoms with Gasteiger partial charge in [0.2, 0.25) is 5.78 Å². The van der Waals surface area contributed by atoms with Crippen molar-refractivity contribution < 1.29 is 39.9 Å². The highest BCUT2D eigenvalue weighted by Crippen LogP contribution is 2.53. The summed E-state index contributed by atoms with van der Waals surface area (Å²) in [5, 5.41) is 57.8. The molecule has 5 atom stereocenters. The van der Waals surface area contributed by atoms with Crippen molar-refractivity contribution in [1.29, 1.82) is 0 Å². The number of phenolic OH excluding ortho intramolecular Hbond substituents is 1. The van der Waals surface area contributed by atoms with Gasteiger partial charge >= 0.3 is 0 Å². The summed E-state index contributed by atoms with van der Waals surface area (Å²) in [6.07, 6.45) is -0.756. The van der Waals surface area contributed by atoms with Crippen LogP contribution < -0.4 is 16.0 Å². The van der Waals surface area contributed by atoms with Gasteiger partial charge in [-0.2, -0.15) is 0 Å². The van der Waals surface area contributed by atoms with Crippen LogP contribution in [-0.2, 0) is 16.0 Å². The van der Waals surface area contributed by atoms with Crippen LogP contribution in [0.1, 0.15) is 22.3 Å². The molecule has 0 aromatic heterocycles. The number of aliphatic hydroxyl groups excluding tert-OH is 3. The molecular weight excluding hydrogens is 532 g/mol. The molecule has 0 aliphatic heterocycles. The first-order valence-corrected chi connectivity index (χ1v) is 12.9. The lowest BCUT2D eigenvalue weighted by molar-refractivity contribution is -0.148. The fourth-order valence-corrected chi connectivity index (χ4v) is 6.22. The van der Waals surface area contributed by atoms with Gasteiger partial charge in [-0.3, -0.25) is 19.3 Å². The molecule has 0 fully saturated rings. The molecule has 4 rings (SSSR count). The molecule has 0 spiro atoms. The molecule has 1 amide bonds. The molecule has 3 aliphatic rings. The van der Waals surface area contributed by atoms with Crippen LogP contribution in [0.4, 0.5) is 11.4 Å². The molecule has 0 radical (unpaired) electrons. The van der Waals surface area contributed by atoms with Gasteiger partial charge in [0.05, 0.1) is 29.3 Å². The molecule has 3 aliphatic carbocycles. The number of hydrogen-bond acceptors (Lipinski definition) is 11. The Bertz CT molecular complexity index is 1320. The summed E-state index contributed by atoms with van der Waals surface area (Å²) in [5.74, 6) is -7.16. The third kappa shape index (κ3) is 4.22. The maximum atomic E-state index is 13.9. The molecule has 0 saturated heterocycles. The van der Waals surface area contributed by atoms with Crippen molar-refractivity contribution in [3.8, 4) is 5.75 Å². The van der Waals surface area contributed by atoms with Crippen molar-refractivity contribution >= 4 is 40.4 Å². The Hall–Kier alpha value is -3.32. The summed E-state index contributed by atoms with van der Waals surface area (Å²) < 4.78 is 0. The Balaban J connectivity index is 1.93. The first-order valence-electron chi connectivity index (χ1n) is 12.4. The molecule has 1 unspecified atom stereocenters. The third-order valence-corrected chi connectivity index (χ3v) is 8.24. The van der Waals surface area contributed by atoms with E-state index in [0.29, 0.717) is 11.3 Å². The number of fused-ring (bicyclic) bond motifs is 3. The molecule has 212 valence electrons. The number of Topliss-reactive ketones (excluding diaryl/α,β-unsaturated/α-hetero) is 2. The number of likely N-dealkylation sites (N-methyl/N-ethyl adjacent to an activating group) is 1. The monoisotopic (exact) mass is 564 g/mol. The summed E-state index contributed by atoms with van der Waals surface area (Å²) >= 11 is 5.67. The zero-order valence-electron chi connectivity index (χ0n) is 22.0. The zero-order valence-corrected chi connectivity index (χ0v) is 22.8. The number of carbonyl (C=O) groups excluding carboxylic acids is 3. The SMILES string of the molecule is CN(C)c1cc(NCC(O)CCl)c(O)c2c1C[C@H]1C[C@H]3[C@H](N(C)C)C(O)=C(C(N)=O)C(=O)[C@@]3(O)C(O)=C1C2=O. The molecule has 13 heteroatoms. The number of phenols is 1. The van der Waals surface area contributed by atoms with Gasteiger partial charge in [0.15, 0.2) is 11.4 Å². The average Bonchev–Trinajstić information content (AvgIpc) is 2.84. The molecule has 1 aromatic carbocycles. The van der Waals surface area contributed by atoms with Crippen molar-refractivity contribution in [3.05, 3.63) is 39.9 Å². The van der Waals surface area contributed by atoms with E-state index in [0.717, 1.165) is 0 Å². The van der Waals surface area contributed by atoms with Gasteiger partial charge in [-0.15, -0.1) is 11.6 Å². The Labute approximate surface area is 230 Å². The number of anilines is 2. The fourth-order valence-electron chi connectivity index (χ4n) is 6.11. The Morgan fingerprint density at radius 1 is 1.23 bits per heavy atom. The number of allylic oxidation sites excluding steroid dienone is 1. The smallest absolute Gasteiger partial charge is 0.255 e. The number of nitrogens with two attached hydrogens (primary N) is 1. The van der Waals surface area contributed by atoms with E-state index >= 15 is 0 Å². The molecule has 12 nitrogen and oxygen atoms in total. The summed E-state index contributed by atoms with van der Waals surface area (Å²) in [4.78, 5) is 42.7. The third-order valence-electron chi connectivity index (χ3n) is 7.89. The summed E-state index contributed by atoms with van der Waals surface area (Å²) in [6.45, 7) is -0.0128. The van der Waals surface area contributed by atoms with Crippen LogP contribution in [0, 0.1) is 11.8 Å². The van der Waals surface area contributed by atoms with Gasteiger partial charge in [-0.05, 0) is 44.5 Å². The average molecular weight is 565 g/mol. The summed E-state index contributed by atoms with van der Waals surface area (Å²) in [6, 6.07) is 0.577. The number of amides is 1. The number of alkyl halides is 1. The molecule has 0 heterocycles. The molecule has 39 heavy (non-hydrogen) atoms. The van der Waals surface area contributed by atoms with E-state index in [1.807, 2.05) is 0 Å². The van der Waals surface area contributed by atoms with Crippen LogP contribution in [0.5, 0.6) is 5.75 Å². The quantitative estimate of drug-likeness (QED) is 0.136. The highest BCUT2D eigenvalue weighted by molar-refractivity contribution is 6.25. The number of halogens is 1. The van der Waals surface area contributed by atoms with Crippen molar-refractivity contribution in [3.63, 3.8) is 0 Å². The molecular formula is C26H33ClN4O8. The van der Waals surface area contributed by atoms with Gasteiger partial charge in [-0.1, -0.05) is 0 Å². The number of primary amides is 1. The number of aromatic hydroxyl groups is 1. The maximum Gasteiger partial charge on any atom is 0.255 e. The van der Waals surface area contributed by atoms with Gasteiger partial charge < -0.3 is 41.5 Å². The largest absolute Gasteiger partial charge is 0.510 e. The van der Waals surface area contributed by atoms with Crippen LogP contribution in [0.25, 0.3) is 0 Å². The van der Waals surface area contributed by atoms with E-state index in [4.69, 9.17) is 17.3 Å². The minimum atomic E-state index is -2.70. The van der Waals surface area contributed by atoms with Crippen LogP contribution >= 0.6 is 11.6 Å². The number of nitrogens with one attached hydrogen (secondary N) is 1. The van der Waals surface area contributed by atoms with Crippen LogP contribution in [0.2, 0.25) is 0 Å². The van der Waals surface area contributed by atoms with Crippen molar-refractivity contribution in [2.75, 3.05) is 50.8 Å². The molecule has 0 bridgehead atoms. The Morgan fingerprint density at radius 2 is 1.87 bits per heavy atom. The first kappa shape index (κ1) is 28.7. The van der Waals surface area contributed by atoms with E-state index in [2.05, 4.69) is 5.32 Å². The van der Waals surface area contributed by atoms with Gasteiger partial charge in [0, 0.05) is 37.8 Å². The lowest BCUT2D eigenvalue weighted by atomic mass is 9.58. The zero-order chi connectivity index (χ0) is 29.1. The predicted molar refractivity (Wildman–Crippen MR) is 143 cm³/mol. The maximum absolute atomic E-state index is 13.9. The van der Waals surface area contributed by atoms with Crippen molar-refractivity contribution in [2.45, 2.75) is 30.6 Å². The lowest BCUT2D eigenvalue weighted by Gasteiger charge is -2.50. The highest BCUT2D eigenvalue weighted by Gasteiger charge is 2.63. The fraction of sp³-hybridized carbons (Fsp3) is 0.500. The van der Waals surface area contributed by atoms with Crippen LogP contribution in [0.3, 0.4) is 0 Å². The Kier molecular flexibility index (Phi) is 7.36. The van der Waals surface area contributed by atoms with Crippen molar-refractivity contribution in [2.24, 2.45) is 17.6 Å². The second-order valence-corrected chi connectivity index (χ2v) is 11.0. The standard InChI is InChI=1S/C26H33ClN4O8/c1-30(2)15-7-14(29-9-11(32)8-27)20(33)17-12(15)5-10-6-13-19(31(3)4)22(35)18(25(28)38)24(37)26(13,39)23(36)16(10)21(17)34/h7,10-11,13,19,29,32-33,35-36,39H,5-6,8-9H2,1-4H3,(H2,28,38)/t10-,11?,13-,19-,26-/m0/s1. The number of rotatable bonds is 7. The summed E-state index contributed by atoms with van der Waals surface area (Å²) in [7, 11) is 6.66. The van der Waals surface area contributed by atoms with Crippen LogP contribution in [-0.4, -0.2) is 106 Å². The van der Waals surface area contributed by atoms with E-state index < -0.39 is 69.9 Å². The number of nitrogens with zero attached hydrogens (tertiary/aromatic N) is 2. The number of hydrogen-bond donors (Lipinski definition) is 7. The molecule has 1 aromatic rings. The second-order valence-electron chi connectivity index (χ2n) is 10.7. The summed E-state index contributed by atoms with van der Waals surface area (Å²) in [5.41, 5.74) is 2.68. The second kappa shape index (κ2) is 10.0. The van der Waals surface area contributed by atoms with Gasteiger partial charge in [0.25, 0.3) is 5.91 Å². The van der Waals surface area contributed by atoms with E-state index in [-0.39, 0.29) is 42.1 Å². The van der Waals surface area contributed by atoms with Gasteiger partial charge in [-0.25, -0.2) is 0 Å². The number of ketones is 2. The highest BCUT2D eigenvalue weighted by atomic mass is 35.5. The predicted octanol–water partition coefficient (Wildman–Crippen LogP) is 0.198. The number of carbonyl (C=O) groups is 3. The topological polar surface area (TPSA) is 197 Å². The van der Waals surface area contributed by atoms with E-state index in [1.54, 1.807) is 39.2 Å². The lowest BCUT2D eigenvalue weighted by Crippen LogP contribution is -2.63. The van der Waals surface area contributed by atoms with Gasteiger partial charge in [0.1, 0.15) is 22.8 Å².